The lowest BCUT2D eigenvalue weighted by Gasteiger charge is -2.24. The molecule has 0 aliphatic carbocycles. The zero-order valence-corrected chi connectivity index (χ0v) is 25.4. The van der Waals surface area contributed by atoms with Crippen LogP contribution in [0, 0.1) is 0 Å². The Balaban J connectivity index is 1.31. The Labute approximate surface area is 261 Å². The number of carbonyl (C=O) groups is 2. The van der Waals surface area contributed by atoms with Crippen molar-refractivity contribution in [2.24, 2.45) is 5.10 Å². The molecule has 2 amide bonds. The summed E-state index contributed by atoms with van der Waals surface area (Å²) in [7, 11) is -2.66. The average molecular weight is 635 g/mol. The molecule has 0 bridgehead atoms. The number of hydrogen-bond acceptors (Lipinski definition) is 7. The van der Waals surface area contributed by atoms with E-state index < -0.39 is 22.5 Å². The van der Waals surface area contributed by atoms with Crippen molar-refractivity contribution in [2.45, 2.75) is 11.3 Å². The van der Waals surface area contributed by atoms with Crippen LogP contribution in [0.2, 0.25) is 5.02 Å². The van der Waals surface area contributed by atoms with Gasteiger partial charge in [-0.05, 0) is 84.3 Å². The Morgan fingerprint density at radius 3 is 2.27 bits per heavy atom. The van der Waals surface area contributed by atoms with E-state index in [0.717, 1.165) is 16.3 Å². The van der Waals surface area contributed by atoms with Crippen LogP contribution in [0.25, 0.3) is 0 Å². The van der Waals surface area contributed by atoms with Gasteiger partial charge < -0.3 is 14.8 Å². The van der Waals surface area contributed by atoms with Crippen molar-refractivity contribution < 1.29 is 27.5 Å². The minimum Gasteiger partial charge on any atom is -0.497 e. The molecule has 0 heterocycles. The van der Waals surface area contributed by atoms with E-state index in [1.807, 2.05) is 30.3 Å². The minimum absolute atomic E-state index is 0.0263. The van der Waals surface area contributed by atoms with Gasteiger partial charge in [-0.2, -0.15) is 5.10 Å². The van der Waals surface area contributed by atoms with E-state index in [1.54, 1.807) is 42.5 Å². The maximum absolute atomic E-state index is 13.5. The van der Waals surface area contributed by atoms with E-state index >= 15 is 0 Å². The molecular weight excluding hydrogens is 604 g/mol. The summed E-state index contributed by atoms with van der Waals surface area (Å²) in [5.74, 6) is 0.0851. The molecule has 0 saturated carbocycles. The second kappa shape index (κ2) is 15.6. The Bertz CT molecular complexity index is 1680. The smallest absolute Gasteiger partial charge is 0.264 e. The number of nitrogens with zero attached hydrogens (tertiary/aromatic N) is 2. The van der Waals surface area contributed by atoms with Crippen LogP contribution in [0.15, 0.2) is 113 Å². The zero-order valence-electron chi connectivity index (χ0n) is 23.9. The van der Waals surface area contributed by atoms with Crippen LogP contribution in [0.5, 0.6) is 11.5 Å². The van der Waals surface area contributed by atoms with Crippen molar-refractivity contribution in [3.63, 3.8) is 0 Å². The summed E-state index contributed by atoms with van der Waals surface area (Å²) in [6, 6.07) is 28.6. The Hall–Kier alpha value is -4.87. The first-order valence-electron chi connectivity index (χ1n) is 13.5. The average Bonchev–Trinajstić information content (AvgIpc) is 3.03. The zero-order chi connectivity index (χ0) is 31.4. The van der Waals surface area contributed by atoms with E-state index in [2.05, 4.69) is 15.8 Å². The van der Waals surface area contributed by atoms with Gasteiger partial charge in [0.25, 0.3) is 21.8 Å². The third kappa shape index (κ3) is 9.32. The molecule has 0 saturated heterocycles. The van der Waals surface area contributed by atoms with Crippen molar-refractivity contribution in [3.8, 4) is 11.5 Å². The minimum atomic E-state index is -4.14. The van der Waals surface area contributed by atoms with Crippen molar-refractivity contribution in [3.05, 3.63) is 119 Å². The fourth-order valence-electron chi connectivity index (χ4n) is 4.01. The van der Waals surface area contributed by atoms with Crippen molar-refractivity contribution in [1.29, 1.82) is 0 Å². The number of nitrogens with one attached hydrogen (secondary N) is 2. The summed E-state index contributed by atoms with van der Waals surface area (Å²) in [6.45, 7) is -0.162. The van der Waals surface area contributed by atoms with Gasteiger partial charge in [0.05, 0.1) is 23.9 Å². The summed E-state index contributed by atoms with van der Waals surface area (Å²) in [5, 5.41) is 7.09. The lowest BCUT2D eigenvalue weighted by Crippen LogP contribution is -2.39. The van der Waals surface area contributed by atoms with Gasteiger partial charge in [0, 0.05) is 11.6 Å². The van der Waals surface area contributed by atoms with Gasteiger partial charge in [-0.15, -0.1) is 0 Å². The second-order valence-electron chi connectivity index (χ2n) is 9.40. The molecule has 0 atom stereocenters. The molecule has 4 aromatic rings. The van der Waals surface area contributed by atoms with Crippen LogP contribution in [0.1, 0.15) is 11.1 Å². The number of hydrogen-bond donors (Lipinski definition) is 2. The van der Waals surface area contributed by atoms with Gasteiger partial charge in [-0.1, -0.05) is 48.0 Å². The van der Waals surface area contributed by atoms with Crippen molar-refractivity contribution in [2.75, 3.05) is 31.1 Å². The lowest BCUT2D eigenvalue weighted by molar-refractivity contribution is -0.123. The molecule has 0 radical (unpaired) electrons. The molecule has 0 spiro atoms. The van der Waals surface area contributed by atoms with Crippen molar-refractivity contribution in [1.82, 2.24) is 10.7 Å². The summed E-state index contributed by atoms with van der Waals surface area (Å²) < 4.78 is 38.6. The maximum atomic E-state index is 13.5. The molecule has 4 rings (SSSR count). The summed E-state index contributed by atoms with van der Waals surface area (Å²) in [4.78, 5) is 24.9. The first-order valence-corrected chi connectivity index (χ1v) is 15.3. The summed E-state index contributed by atoms with van der Waals surface area (Å²) in [6.07, 6.45) is 2.13. The van der Waals surface area contributed by atoms with Crippen LogP contribution in [-0.2, 0) is 26.0 Å². The number of halogens is 1. The second-order valence-corrected chi connectivity index (χ2v) is 11.7. The number of methoxy groups -OCH3 is 1. The Morgan fingerprint density at radius 1 is 0.886 bits per heavy atom. The molecule has 0 aliphatic rings. The summed E-state index contributed by atoms with van der Waals surface area (Å²) in [5.41, 5.74) is 4.36. The quantitative estimate of drug-likeness (QED) is 0.156. The number of carbonyl (C=O) groups excluding carboxylic acids is 2. The highest BCUT2D eigenvalue weighted by Gasteiger charge is 2.27. The molecule has 4 aromatic carbocycles. The van der Waals surface area contributed by atoms with Gasteiger partial charge in [0.1, 0.15) is 18.0 Å². The molecule has 2 N–H and O–H groups in total. The molecule has 0 fully saturated rings. The van der Waals surface area contributed by atoms with E-state index in [0.29, 0.717) is 28.6 Å². The number of ether oxygens (including phenoxy) is 2. The molecule has 0 aliphatic heterocycles. The first-order chi connectivity index (χ1) is 21.2. The van der Waals surface area contributed by atoms with E-state index in [1.165, 1.54) is 43.7 Å². The predicted molar refractivity (Wildman–Crippen MR) is 170 cm³/mol. The SMILES string of the molecule is COc1ccc(S(=O)(=O)N(CC(=O)N/N=C\c2ccc(OCC(=O)NCCc3ccccc3)cc2)c2cccc(Cl)c2)cc1. The number of sulfonamides is 1. The Morgan fingerprint density at radius 2 is 1.59 bits per heavy atom. The highest BCUT2D eigenvalue weighted by atomic mass is 35.5. The van der Waals surface area contributed by atoms with E-state index in [4.69, 9.17) is 21.1 Å². The number of amides is 2. The number of rotatable bonds is 14. The van der Waals surface area contributed by atoms with Crippen molar-refractivity contribution >= 4 is 45.3 Å². The number of hydrazone groups is 1. The first kappa shape index (κ1) is 32.1. The van der Waals surface area contributed by atoms with E-state index in [-0.39, 0.29) is 23.1 Å². The largest absolute Gasteiger partial charge is 0.497 e. The van der Waals surface area contributed by atoms with Gasteiger partial charge in [0.15, 0.2) is 6.61 Å². The number of anilines is 1. The van der Waals surface area contributed by atoms with Crippen LogP contribution in [-0.4, -0.2) is 53.3 Å². The van der Waals surface area contributed by atoms with Crippen LogP contribution in [0.4, 0.5) is 5.69 Å². The summed E-state index contributed by atoms with van der Waals surface area (Å²) >= 11 is 6.11. The number of benzene rings is 4. The van der Waals surface area contributed by atoms with Gasteiger partial charge in [0.2, 0.25) is 0 Å². The normalized spacial score (nSPS) is 11.1. The molecule has 10 nitrogen and oxygen atoms in total. The third-order valence-electron chi connectivity index (χ3n) is 6.26. The highest BCUT2D eigenvalue weighted by molar-refractivity contribution is 7.92. The van der Waals surface area contributed by atoms with Crippen LogP contribution in [0.3, 0.4) is 0 Å². The topological polar surface area (TPSA) is 126 Å². The van der Waals surface area contributed by atoms with Crippen LogP contribution >= 0.6 is 11.6 Å². The molecule has 228 valence electrons. The fraction of sp³-hybridized carbons (Fsp3) is 0.156. The molecule has 0 unspecified atom stereocenters. The molecule has 44 heavy (non-hydrogen) atoms. The standard InChI is InChI=1S/C32H31ClN4O6S/c1-42-28-14-16-30(17-15-28)44(40,41)37(27-9-5-8-26(33)20-27)22-31(38)36-35-21-25-10-12-29(13-11-25)43-23-32(39)34-19-18-24-6-3-2-4-7-24/h2-17,20-21H,18-19,22-23H2,1H3,(H,34,39)(H,36,38)/b35-21-. The van der Waals surface area contributed by atoms with Crippen LogP contribution < -0.4 is 24.5 Å². The Kier molecular flexibility index (Phi) is 11.3. The lowest BCUT2D eigenvalue weighted by atomic mass is 10.1. The molecule has 12 heteroatoms. The van der Waals surface area contributed by atoms with Gasteiger partial charge >= 0.3 is 0 Å². The monoisotopic (exact) mass is 634 g/mol. The highest BCUT2D eigenvalue weighted by Crippen LogP contribution is 2.27. The van der Waals surface area contributed by atoms with Gasteiger partial charge in [-0.3, -0.25) is 13.9 Å². The van der Waals surface area contributed by atoms with E-state index in [9.17, 15) is 18.0 Å². The molecular formula is C32H31ClN4O6S. The van der Waals surface area contributed by atoms with Gasteiger partial charge in [-0.25, -0.2) is 13.8 Å². The fourth-order valence-corrected chi connectivity index (χ4v) is 5.60. The predicted octanol–water partition coefficient (Wildman–Crippen LogP) is 4.43. The molecule has 0 aromatic heterocycles. The third-order valence-corrected chi connectivity index (χ3v) is 8.29. The maximum Gasteiger partial charge on any atom is 0.264 e.